The summed E-state index contributed by atoms with van der Waals surface area (Å²) in [6, 6.07) is 5.42. The van der Waals surface area contributed by atoms with Gasteiger partial charge < -0.3 is 16.0 Å². The first kappa shape index (κ1) is 9.86. The van der Waals surface area contributed by atoms with E-state index in [-0.39, 0.29) is 0 Å². The highest BCUT2D eigenvalue weighted by molar-refractivity contribution is 6.33. The van der Waals surface area contributed by atoms with Gasteiger partial charge in [0.1, 0.15) is 0 Å². The number of nitrogen functional groups attached to an aromatic ring is 1. The molecule has 0 saturated carbocycles. The number of aromatic amines is 1. The third kappa shape index (κ3) is 2.22. The number of anilines is 2. The molecule has 1 aromatic carbocycles. The van der Waals surface area contributed by atoms with Crippen molar-refractivity contribution >= 4 is 23.0 Å². The molecular weight excluding hydrogens is 212 g/mol. The predicted octanol–water partition coefficient (Wildman–Crippen LogP) is 2.26. The zero-order valence-corrected chi connectivity index (χ0v) is 8.75. The van der Waals surface area contributed by atoms with E-state index in [0.717, 1.165) is 11.4 Å². The molecule has 15 heavy (non-hydrogen) atoms. The van der Waals surface area contributed by atoms with Crippen molar-refractivity contribution in [3.63, 3.8) is 0 Å². The fourth-order valence-corrected chi connectivity index (χ4v) is 1.54. The van der Waals surface area contributed by atoms with Gasteiger partial charge in [0.15, 0.2) is 0 Å². The molecule has 0 amide bonds. The quantitative estimate of drug-likeness (QED) is 0.698. The van der Waals surface area contributed by atoms with Crippen LogP contribution < -0.4 is 11.1 Å². The van der Waals surface area contributed by atoms with Gasteiger partial charge in [0.05, 0.1) is 35.0 Å². The van der Waals surface area contributed by atoms with E-state index in [9.17, 15) is 0 Å². The number of para-hydroxylation sites is 1. The van der Waals surface area contributed by atoms with Crippen molar-refractivity contribution in [2.45, 2.75) is 6.54 Å². The second-order valence-corrected chi connectivity index (χ2v) is 3.54. The summed E-state index contributed by atoms with van der Waals surface area (Å²) in [7, 11) is 0. The number of aromatic nitrogens is 2. The van der Waals surface area contributed by atoms with Gasteiger partial charge in [-0.25, -0.2) is 4.98 Å². The molecule has 0 aliphatic rings. The number of nitrogens with zero attached hydrogens (tertiary/aromatic N) is 1. The highest BCUT2D eigenvalue weighted by Crippen LogP contribution is 2.27. The zero-order valence-electron chi connectivity index (χ0n) is 8.00. The lowest BCUT2D eigenvalue weighted by Crippen LogP contribution is -2.03. The second kappa shape index (κ2) is 4.23. The molecule has 0 fully saturated rings. The lowest BCUT2D eigenvalue weighted by Gasteiger charge is -2.09. The number of nitrogens with one attached hydrogen (secondary N) is 2. The number of benzene rings is 1. The molecule has 1 aromatic heterocycles. The lowest BCUT2D eigenvalue weighted by atomic mass is 10.2. The molecule has 1 heterocycles. The van der Waals surface area contributed by atoms with E-state index in [0.29, 0.717) is 17.3 Å². The molecule has 0 saturated heterocycles. The van der Waals surface area contributed by atoms with E-state index in [1.165, 1.54) is 0 Å². The maximum absolute atomic E-state index is 6.00. The van der Waals surface area contributed by atoms with Crippen LogP contribution in [0.1, 0.15) is 5.69 Å². The Morgan fingerprint density at radius 1 is 1.47 bits per heavy atom. The summed E-state index contributed by atoms with van der Waals surface area (Å²) in [6.45, 7) is 0.619. The molecule has 0 aliphatic carbocycles. The Bertz CT molecular complexity index is 418. The highest BCUT2D eigenvalue weighted by atomic mass is 35.5. The number of H-pyrrole nitrogens is 1. The fraction of sp³-hybridized carbons (Fsp3) is 0.100. The Morgan fingerprint density at radius 2 is 2.33 bits per heavy atom. The third-order valence-electron chi connectivity index (χ3n) is 2.06. The van der Waals surface area contributed by atoms with Gasteiger partial charge in [-0.15, -0.1) is 0 Å². The molecule has 4 N–H and O–H groups in total. The minimum absolute atomic E-state index is 0.619. The van der Waals surface area contributed by atoms with E-state index in [1.54, 1.807) is 24.7 Å². The minimum Gasteiger partial charge on any atom is -0.397 e. The van der Waals surface area contributed by atoms with Crippen molar-refractivity contribution in [1.29, 1.82) is 0 Å². The molecule has 0 unspecified atom stereocenters. The van der Waals surface area contributed by atoms with E-state index in [2.05, 4.69) is 15.3 Å². The van der Waals surface area contributed by atoms with E-state index >= 15 is 0 Å². The van der Waals surface area contributed by atoms with Crippen molar-refractivity contribution in [3.05, 3.63) is 41.4 Å². The van der Waals surface area contributed by atoms with Crippen LogP contribution in [0.25, 0.3) is 0 Å². The van der Waals surface area contributed by atoms with E-state index < -0.39 is 0 Å². The summed E-state index contributed by atoms with van der Waals surface area (Å²) in [5, 5.41) is 3.78. The monoisotopic (exact) mass is 222 g/mol. The standard InChI is InChI=1S/C10H11ClN4/c11-8-2-1-3-9(12)10(8)14-5-7-4-13-6-15-7/h1-4,6,14H,5,12H2,(H,13,15). The molecule has 0 bridgehead atoms. The van der Waals surface area contributed by atoms with Crippen LogP contribution in [0.5, 0.6) is 0 Å². The van der Waals surface area contributed by atoms with Crippen LogP contribution in [0.2, 0.25) is 5.02 Å². The average Bonchev–Trinajstić information content (AvgIpc) is 2.70. The van der Waals surface area contributed by atoms with Gasteiger partial charge in [-0.3, -0.25) is 0 Å². The molecular formula is C10H11ClN4. The summed E-state index contributed by atoms with van der Waals surface area (Å²) in [4.78, 5) is 6.91. The first-order chi connectivity index (χ1) is 7.27. The summed E-state index contributed by atoms with van der Waals surface area (Å²) < 4.78 is 0. The van der Waals surface area contributed by atoms with Crippen molar-refractivity contribution < 1.29 is 0 Å². The SMILES string of the molecule is Nc1cccc(Cl)c1NCc1cnc[nH]1. The van der Waals surface area contributed by atoms with Crippen LogP contribution in [0, 0.1) is 0 Å². The highest BCUT2D eigenvalue weighted by Gasteiger charge is 2.03. The van der Waals surface area contributed by atoms with Crippen molar-refractivity contribution in [3.8, 4) is 0 Å². The first-order valence-corrected chi connectivity index (χ1v) is 4.90. The Kier molecular flexibility index (Phi) is 2.78. The van der Waals surface area contributed by atoms with Gasteiger partial charge in [-0.2, -0.15) is 0 Å². The zero-order chi connectivity index (χ0) is 10.7. The number of imidazole rings is 1. The number of halogens is 1. The van der Waals surface area contributed by atoms with E-state index in [4.69, 9.17) is 17.3 Å². The summed E-state index contributed by atoms with van der Waals surface area (Å²) in [6.07, 6.45) is 3.38. The topological polar surface area (TPSA) is 66.7 Å². The first-order valence-electron chi connectivity index (χ1n) is 4.52. The number of rotatable bonds is 3. The predicted molar refractivity (Wildman–Crippen MR) is 61.8 cm³/mol. The normalized spacial score (nSPS) is 10.2. The molecule has 4 nitrogen and oxygen atoms in total. The lowest BCUT2D eigenvalue weighted by molar-refractivity contribution is 1.08. The van der Waals surface area contributed by atoms with Crippen molar-refractivity contribution in [2.75, 3.05) is 11.1 Å². The average molecular weight is 223 g/mol. The van der Waals surface area contributed by atoms with Crippen molar-refractivity contribution in [2.24, 2.45) is 0 Å². The van der Waals surface area contributed by atoms with Gasteiger partial charge in [-0.1, -0.05) is 17.7 Å². The summed E-state index contributed by atoms with van der Waals surface area (Å²) >= 11 is 6.00. The maximum Gasteiger partial charge on any atom is 0.0922 e. The smallest absolute Gasteiger partial charge is 0.0922 e. The molecule has 0 atom stereocenters. The van der Waals surface area contributed by atoms with Gasteiger partial charge in [0.2, 0.25) is 0 Å². The number of hydrogen-bond acceptors (Lipinski definition) is 3. The van der Waals surface area contributed by atoms with Crippen LogP contribution in [-0.4, -0.2) is 9.97 Å². The molecule has 2 rings (SSSR count). The molecule has 0 spiro atoms. The van der Waals surface area contributed by atoms with Crippen LogP contribution in [0.15, 0.2) is 30.7 Å². The molecule has 5 heteroatoms. The van der Waals surface area contributed by atoms with E-state index in [1.807, 2.05) is 6.07 Å². The van der Waals surface area contributed by atoms with Crippen LogP contribution >= 0.6 is 11.6 Å². The van der Waals surface area contributed by atoms with Crippen molar-refractivity contribution in [1.82, 2.24) is 9.97 Å². The third-order valence-corrected chi connectivity index (χ3v) is 2.37. The molecule has 78 valence electrons. The maximum atomic E-state index is 6.00. The van der Waals surface area contributed by atoms with Crippen LogP contribution in [-0.2, 0) is 6.54 Å². The molecule has 2 aromatic rings. The largest absolute Gasteiger partial charge is 0.397 e. The summed E-state index contributed by atoms with van der Waals surface area (Å²) in [5.41, 5.74) is 8.17. The van der Waals surface area contributed by atoms with Gasteiger partial charge in [0.25, 0.3) is 0 Å². The fourth-order valence-electron chi connectivity index (χ4n) is 1.29. The Hall–Kier alpha value is -1.68. The second-order valence-electron chi connectivity index (χ2n) is 3.13. The Morgan fingerprint density at radius 3 is 3.00 bits per heavy atom. The van der Waals surface area contributed by atoms with Gasteiger partial charge in [0, 0.05) is 6.20 Å². The van der Waals surface area contributed by atoms with Crippen LogP contribution in [0.3, 0.4) is 0 Å². The summed E-state index contributed by atoms with van der Waals surface area (Å²) in [5.74, 6) is 0. The number of hydrogen-bond donors (Lipinski definition) is 3. The molecule has 0 radical (unpaired) electrons. The van der Waals surface area contributed by atoms with Crippen LogP contribution in [0.4, 0.5) is 11.4 Å². The molecule has 0 aliphatic heterocycles. The minimum atomic E-state index is 0.619. The van der Waals surface area contributed by atoms with Gasteiger partial charge >= 0.3 is 0 Å². The Balaban J connectivity index is 2.11. The number of nitrogens with two attached hydrogens (primary N) is 1. The Labute approximate surface area is 92.5 Å². The van der Waals surface area contributed by atoms with Gasteiger partial charge in [-0.05, 0) is 12.1 Å².